The summed E-state index contributed by atoms with van der Waals surface area (Å²) < 4.78 is 0. The van der Waals surface area contributed by atoms with E-state index in [4.69, 9.17) is 5.73 Å². The summed E-state index contributed by atoms with van der Waals surface area (Å²) in [6, 6.07) is 3.37. The Morgan fingerprint density at radius 3 is 3.08 bits per heavy atom. The lowest BCUT2D eigenvalue weighted by Gasteiger charge is -2.09. The summed E-state index contributed by atoms with van der Waals surface area (Å²) in [7, 11) is 0. The fourth-order valence-corrected chi connectivity index (χ4v) is 1.20. The first-order chi connectivity index (χ1) is 6.27. The molecule has 70 valence electrons. The number of nitrogens with two attached hydrogens (primary N) is 1. The number of carbonyl (C=O) groups excluding carboxylic acids is 1. The summed E-state index contributed by atoms with van der Waals surface area (Å²) in [6.45, 7) is 2.07. The molecule has 0 fully saturated rings. The first-order valence-corrected chi connectivity index (χ1v) is 4.44. The van der Waals surface area contributed by atoms with E-state index in [1.807, 2.05) is 0 Å². The lowest BCUT2D eigenvalue weighted by atomic mass is 10.1. The molecule has 2 N–H and O–H groups in total. The third-order valence-corrected chi connectivity index (χ3v) is 1.92. The van der Waals surface area contributed by atoms with Gasteiger partial charge < -0.3 is 5.73 Å². The number of hydrogen-bond donors (Lipinski definition) is 1. The molecule has 0 unspecified atom stereocenters. The van der Waals surface area contributed by atoms with Crippen LogP contribution in [-0.2, 0) is 0 Å². The molecule has 0 aliphatic carbocycles. The fourth-order valence-electron chi connectivity index (χ4n) is 1.20. The van der Waals surface area contributed by atoms with Gasteiger partial charge in [-0.3, -0.25) is 9.78 Å². The number of carbonyl (C=O) groups is 1. The Balaban J connectivity index is 2.81. The molecular weight excluding hydrogens is 164 g/mol. The Hall–Kier alpha value is -1.22. The van der Waals surface area contributed by atoms with Crippen LogP contribution in [-0.4, -0.2) is 11.3 Å². The number of hydrogen-bond acceptors (Lipinski definition) is 3. The number of aldehydes is 1. The van der Waals surface area contributed by atoms with Gasteiger partial charge in [0.05, 0.1) is 5.69 Å². The van der Waals surface area contributed by atoms with Crippen LogP contribution in [0.25, 0.3) is 0 Å². The van der Waals surface area contributed by atoms with Gasteiger partial charge in [-0.15, -0.1) is 0 Å². The molecule has 13 heavy (non-hydrogen) atoms. The highest BCUT2D eigenvalue weighted by Crippen LogP contribution is 2.13. The molecule has 1 aromatic rings. The minimum absolute atomic E-state index is 0.0510. The molecule has 1 heterocycles. The number of pyridine rings is 1. The van der Waals surface area contributed by atoms with E-state index in [1.165, 1.54) is 0 Å². The average Bonchev–Trinajstić information content (AvgIpc) is 2.18. The summed E-state index contributed by atoms with van der Waals surface area (Å²) >= 11 is 0. The molecule has 0 aliphatic heterocycles. The highest BCUT2D eigenvalue weighted by Gasteiger charge is 2.05. The molecule has 0 bridgehead atoms. The van der Waals surface area contributed by atoms with Gasteiger partial charge in [0.1, 0.15) is 6.29 Å². The number of nitrogens with zero attached hydrogens (tertiary/aromatic N) is 1. The molecule has 0 aromatic carbocycles. The Labute approximate surface area is 78.0 Å². The second-order valence-electron chi connectivity index (χ2n) is 3.03. The second-order valence-corrected chi connectivity index (χ2v) is 3.03. The lowest BCUT2D eigenvalue weighted by Crippen LogP contribution is -2.11. The van der Waals surface area contributed by atoms with Crippen LogP contribution in [0.15, 0.2) is 18.3 Å². The van der Waals surface area contributed by atoms with Crippen LogP contribution in [0.4, 0.5) is 0 Å². The van der Waals surface area contributed by atoms with Crippen molar-refractivity contribution in [1.29, 1.82) is 0 Å². The van der Waals surface area contributed by atoms with E-state index in [-0.39, 0.29) is 6.04 Å². The van der Waals surface area contributed by atoms with Crippen molar-refractivity contribution in [2.45, 2.75) is 25.8 Å². The molecule has 1 aromatic heterocycles. The van der Waals surface area contributed by atoms with E-state index in [9.17, 15) is 4.79 Å². The van der Waals surface area contributed by atoms with E-state index in [0.29, 0.717) is 5.56 Å². The van der Waals surface area contributed by atoms with Gasteiger partial charge in [-0.1, -0.05) is 13.3 Å². The standard InChI is InChI=1S/C10H14N2O/c1-2-3-9(11)10-6-8(7-13)4-5-12-10/h4-7,9H,2-3,11H2,1H3/t9-/m1/s1. The van der Waals surface area contributed by atoms with Crippen LogP contribution in [0.5, 0.6) is 0 Å². The van der Waals surface area contributed by atoms with Crippen molar-refractivity contribution < 1.29 is 4.79 Å². The zero-order valence-electron chi connectivity index (χ0n) is 7.73. The number of aromatic nitrogens is 1. The van der Waals surface area contributed by atoms with Crippen molar-refractivity contribution >= 4 is 6.29 Å². The maximum absolute atomic E-state index is 10.5. The molecule has 3 heteroatoms. The second kappa shape index (κ2) is 4.72. The molecule has 1 rings (SSSR count). The number of rotatable bonds is 4. The summed E-state index contributed by atoms with van der Waals surface area (Å²) in [6.07, 6.45) is 4.35. The molecule has 0 spiro atoms. The van der Waals surface area contributed by atoms with Crippen LogP contribution in [0.3, 0.4) is 0 Å². The molecule has 1 atom stereocenters. The van der Waals surface area contributed by atoms with Crippen LogP contribution >= 0.6 is 0 Å². The van der Waals surface area contributed by atoms with Gasteiger partial charge in [0.15, 0.2) is 0 Å². The predicted octanol–water partition coefficient (Wildman–Crippen LogP) is 1.69. The summed E-state index contributed by atoms with van der Waals surface area (Å²) in [5, 5.41) is 0. The summed E-state index contributed by atoms with van der Waals surface area (Å²) in [4.78, 5) is 14.6. The third kappa shape index (κ3) is 2.63. The predicted molar refractivity (Wildman–Crippen MR) is 51.5 cm³/mol. The monoisotopic (exact) mass is 178 g/mol. The summed E-state index contributed by atoms with van der Waals surface area (Å²) in [5.41, 5.74) is 7.28. The van der Waals surface area contributed by atoms with Gasteiger partial charge >= 0.3 is 0 Å². The van der Waals surface area contributed by atoms with Gasteiger partial charge in [0.2, 0.25) is 0 Å². The highest BCUT2D eigenvalue weighted by atomic mass is 16.1. The van der Waals surface area contributed by atoms with Crippen LogP contribution < -0.4 is 5.73 Å². The quantitative estimate of drug-likeness (QED) is 0.714. The zero-order valence-corrected chi connectivity index (χ0v) is 7.73. The first-order valence-electron chi connectivity index (χ1n) is 4.44. The summed E-state index contributed by atoms with van der Waals surface area (Å²) in [5.74, 6) is 0. The van der Waals surface area contributed by atoms with Crippen molar-refractivity contribution in [3.63, 3.8) is 0 Å². The largest absolute Gasteiger partial charge is 0.323 e. The molecule has 0 saturated carbocycles. The Kier molecular flexibility index (Phi) is 3.58. The average molecular weight is 178 g/mol. The topological polar surface area (TPSA) is 56.0 Å². The highest BCUT2D eigenvalue weighted by molar-refractivity contribution is 5.74. The van der Waals surface area contributed by atoms with Crippen molar-refractivity contribution in [3.05, 3.63) is 29.6 Å². The lowest BCUT2D eigenvalue weighted by molar-refractivity contribution is 0.112. The van der Waals surface area contributed by atoms with Crippen molar-refractivity contribution in [1.82, 2.24) is 4.98 Å². The molecule has 0 radical (unpaired) electrons. The van der Waals surface area contributed by atoms with Gasteiger partial charge in [0.25, 0.3) is 0 Å². The minimum Gasteiger partial charge on any atom is -0.323 e. The molecule has 0 amide bonds. The van der Waals surface area contributed by atoms with Gasteiger partial charge in [-0.05, 0) is 18.6 Å². The molecule has 0 saturated heterocycles. The third-order valence-electron chi connectivity index (χ3n) is 1.92. The van der Waals surface area contributed by atoms with E-state index < -0.39 is 0 Å². The van der Waals surface area contributed by atoms with Crippen LogP contribution in [0.1, 0.15) is 41.9 Å². The Bertz CT molecular complexity index is 286. The SMILES string of the molecule is CCC[C@@H](N)c1cc(C=O)ccn1. The van der Waals surface area contributed by atoms with Crippen molar-refractivity contribution in [3.8, 4) is 0 Å². The van der Waals surface area contributed by atoms with Crippen LogP contribution in [0, 0.1) is 0 Å². The Morgan fingerprint density at radius 1 is 1.69 bits per heavy atom. The normalized spacial score (nSPS) is 12.5. The fraction of sp³-hybridized carbons (Fsp3) is 0.400. The van der Waals surface area contributed by atoms with E-state index in [0.717, 1.165) is 24.8 Å². The zero-order chi connectivity index (χ0) is 9.68. The first kappa shape index (κ1) is 9.86. The Morgan fingerprint density at radius 2 is 2.46 bits per heavy atom. The maximum atomic E-state index is 10.5. The van der Waals surface area contributed by atoms with Gasteiger partial charge in [-0.2, -0.15) is 0 Å². The van der Waals surface area contributed by atoms with Crippen LogP contribution in [0.2, 0.25) is 0 Å². The minimum atomic E-state index is -0.0510. The molecule has 3 nitrogen and oxygen atoms in total. The smallest absolute Gasteiger partial charge is 0.150 e. The maximum Gasteiger partial charge on any atom is 0.150 e. The van der Waals surface area contributed by atoms with Gasteiger partial charge in [0, 0.05) is 17.8 Å². The van der Waals surface area contributed by atoms with Crippen molar-refractivity contribution in [2.75, 3.05) is 0 Å². The molecular formula is C10H14N2O. The molecule has 0 aliphatic rings. The van der Waals surface area contributed by atoms with Gasteiger partial charge in [-0.25, -0.2) is 0 Å². The van der Waals surface area contributed by atoms with E-state index in [2.05, 4.69) is 11.9 Å². The van der Waals surface area contributed by atoms with E-state index in [1.54, 1.807) is 18.3 Å². The van der Waals surface area contributed by atoms with Crippen molar-refractivity contribution in [2.24, 2.45) is 5.73 Å². The van der Waals surface area contributed by atoms with E-state index >= 15 is 0 Å².